The Labute approximate surface area is 187 Å². The molecule has 3 rings (SSSR count). The number of hydrogen-bond acceptors (Lipinski definition) is 6. The first-order valence-electron chi connectivity index (χ1n) is 11.2. The predicted molar refractivity (Wildman–Crippen MR) is 119 cm³/mol. The summed E-state index contributed by atoms with van der Waals surface area (Å²) in [6.45, 7) is 13.7. The predicted octanol–water partition coefficient (Wildman–Crippen LogP) is 4.50. The van der Waals surface area contributed by atoms with Gasteiger partial charge in [-0.2, -0.15) is 0 Å². The summed E-state index contributed by atoms with van der Waals surface area (Å²) in [7, 11) is 0. The summed E-state index contributed by atoms with van der Waals surface area (Å²) in [5, 5.41) is 0. The van der Waals surface area contributed by atoms with E-state index in [1.54, 1.807) is 6.20 Å². The van der Waals surface area contributed by atoms with Gasteiger partial charge in [-0.1, -0.05) is 5.92 Å². The van der Waals surface area contributed by atoms with Gasteiger partial charge in [0.2, 0.25) is 0 Å². The van der Waals surface area contributed by atoms with Crippen molar-refractivity contribution in [1.29, 1.82) is 0 Å². The van der Waals surface area contributed by atoms with E-state index < -0.39 is 5.79 Å². The SMILES string of the molecule is CC(C)(C)OCCOC1(OCC#Cc2ccc(OC3CC(OC(C)(C)C)C3)cn2)CC1. The standard InChI is InChI=1S/C25H37NO5/c1-23(2,3)27-14-15-29-25(11-12-25)28-13-7-8-19-9-10-20(18-26-19)30-21-16-22(17-21)31-24(4,5)6/h9-10,18,21-22H,11-17H2,1-6H3. The van der Waals surface area contributed by atoms with Gasteiger partial charge in [0.25, 0.3) is 0 Å². The van der Waals surface area contributed by atoms with Gasteiger partial charge in [0.05, 0.1) is 36.7 Å². The van der Waals surface area contributed by atoms with Crippen LogP contribution in [0.3, 0.4) is 0 Å². The van der Waals surface area contributed by atoms with Crippen LogP contribution in [-0.4, -0.2) is 54.0 Å². The molecule has 0 saturated heterocycles. The highest BCUT2D eigenvalue weighted by Gasteiger charge is 2.45. The summed E-state index contributed by atoms with van der Waals surface area (Å²) in [6.07, 6.45) is 5.85. The second-order valence-electron chi connectivity index (χ2n) is 10.3. The van der Waals surface area contributed by atoms with Gasteiger partial charge in [0.15, 0.2) is 5.79 Å². The van der Waals surface area contributed by atoms with Gasteiger partial charge in [-0.15, -0.1) is 0 Å². The van der Waals surface area contributed by atoms with Gasteiger partial charge in [0, 0.05) is 25.7 Å². The molecule has 0 unspecified atom stereocenters. The lowest BCUT2D eigenvalue weighted by molar-refractivity contribution is -0.172. The Morgan fingerprint density at radius 1 is 0.968 bits per heavy atom. The molecule has 0 bridgehead atoms. The summed E-state index contributed by atoms with van der Waals surface area (Å²) in [5.41, 5.74) is 0.441. The largest absolute Gasteiger partial charge is 0.489 e. The Bertz CT molecular complexity index is 756. The molecule has 172 valence electrons. The molecule has 0 atom stereocenters. The monoisotopic (exact) mass is 431 g/mol. The van der Waals surface area contributed by atoms with Crippen LogP contribution >= 0.6 is 0 Å². The number of nitrogens with zero attached hydrogens (tertiary/aromatic N) is 1. The number of hydrogen-bond donors (Lipinski definition) is 0. The molecule has 0 radical (unpaired) electrons. The molecule has 31 heavy (non-hydrogen) atoms. The number of aromatic nitrogens is 1. The van der Waals surface area contributed by atoms with Crippen LogP contribution in [0.25, 0.3) is 0 Å². The van der Waals surface area contributed by atoms with Crippen molar-refractivity contribution in [2.45, 2.75) is 96.4 Å². The lowest BCUT2D eigenvalue weighted by Crippen LogP contribution is -2.43. The molecule has 6 heteroatoms. The summed E-state index contributed by atoms with van der Waals surface area (Å²) >= 11 is 0. The molecule has 2 saturated carbocycles. The first-order valence-corrected chi connectivity index (χ1v) is 11.2. The van der Waals surface area contributed by atoms with Crippen molar-refractivity contribution in [2.24, 2.45) is 0 Å². The summed E-state index contributed by atoms with van der Waals surface area (Å²) in [6, 6.07) is 3.79. The Kier molecular flexibility index (Phi) is 7.64. The fourth-order valence-corrected chi connectivity index (χ4v) is 3.23. The normalized spacial score (nSPS) is 22.3. The molecule has 1 aromatic rings. The van der Waals surface area contributed by atoms with Gasteiger partial charge in [-0.3, -0.25) is 0 Å². The van der Waals surface area contributed by atoms with Gasteiger partial charge in [-0.25, -0.2) is 4.98 Å². The molecule has 1 aromatic heterocycles. The Hall–Kier alpha value is -1.65. The van der Waals surface area contributed by atoms with Crippen molar-refractivity contribution in [1.82, 2.24) is 4.98 Å². The van der Waals surface area contributed by atoms with E-state index in [-0.39, 0.29) is 23.4 Å². The molecular weight excluding hydrogens is 394 g/mol. The van der Waals surface area contributed by atoms with Crippen LogP contribution in [-0.2, 0) is 18.9 Å². The zero-order valence-electron chi connectivity index (χ0n) is 19.8. The first-order chi connectivity index (χ1) is 14.5. The van der Waals surface area contributed by atoms with Crippen molar-refractivity contribution in [2.75, 3.05) is 19.8 Å². The van der Waals surface area contributed by atoms with Crippen LogP contribution in [0.5, 0.6) is 5.75 Å². The minimum atomic E-state index is -0.474. The zero-order valence-corrected chi connectivity index (χ0v) is 19.8. The van der Waals surface area contributed by atoms with E-state index in [1.807, 2.05) is 32.9 Å². The van der Waals surface area contributed by atoms with Crippen LogP contribution in [0.1, 0.15) is 72.9 Å². The van der Waals surface area contributed by atoms with Crippen molar-refractivity contribution >= 4 is 0 Å². The average Bonchev–Trinajstić information content (AvgIpc) is 3.40. The van der Waals surface area contributed by atoms with Crippen LogP contribution in [0.2, 0.25) is 0 Å². The quantitative estimate of drug-likeness (QED) is 0.326. The fraction of sp³-hybridized carbons (Fsp3) is 0.720. The molecule has 2 aliphatic carbocycles. The molecule has 1 heterocycles. The van der Waals surface area contributed by atoms with E-state index in [4.69, 9.17) is 23.7 Å². The zero-order chi connectivity index (χ0) is 22.5. The summed E-state index contributed by atoms with van der Waals surface area (Å²) < 4.78 is 29.2. The van der Waals surface area contributed by atoms with Crippen LogP contribution in [0.4, 0.5) is 0 Å². The van der Waals surface area contributed by atoms with E-state index in [1.165, 1.54) is 0 Å². The molecule has 2 fully saturated rings. The highest BCUT2D eigenvalue weighted by atomic mass is 16.7. The molecular formula is C25H37NO5. The van der Waals surface area contributed by atoms with Crippen LogP contribution < -0.4 is 4.74 Å². The van der Waals surface area contributed by atoms with Gasteiger partial charge >= 0.3 is 0 Å². The smallest absolute Gasteiger partial charge is 0.170 e. The van der Waals surface area contributed by atoms with Crippen molar-refractivity contribution < 1.29 is 23.7 Å². The van der Waals surface area contributed by atoms with Crippen LogP contribution in [0.15, 0.2) is 18.3 Å². The van der Waals surface area contributed by atoms with E-state index >= 15 is 0 Å². The van der Waals surface area contributed by atoms with Gasteiger partial charge in [-0.05, 0) is 59.6 Å². The van der Waals surface area contributed by atoms with E-state index in [0.29, 0.717) is 25.5 Å². The highest BCUT2D eigenvalue weighted by Crippen LogP contribution is 2.40. The van der Waals surface area contributed by atoms with Gasteiger partial charge in [0.1, 0.15) is 24.2 Å². The summed E-state index contributed by atoms with van der Waals surface area (Å²) in [4.78, 5) is 4.37. The second-order valence-corrected chi connectivity index (χ2v) is 10.3. The molecule has 0 amide bonds. The molecule has 6 nitrogen and oxygen atoms in total. The molecule has 2 aliphatic rings. The third kappa shape index (κ3) is 8.78. The Morgan fingerprint density at radius 3 is 2.29 bits per heavy atom. The molecule has 0 aliphatic heterocycles. The average molecular weight is 432 g/mol. The molecule has 0 spiro atoms. The molecule has 0 aromatic carbocycles. The maximum absolute atomic E-state index is 5.95. The third-order valence-electron chi connectivity index (χ3n) is 4.88. The lowest BCUT2D eigenvalue weighted by atomic mass is 9.91. The Morgan fingerprint density at radius 2 is 1.71 bits per heavy atom. The van der Waals surface area contributed by atoms with Crippen molar-refractivity contribution in [3.05, 3.63) is 24.0 Å². The maximum atomic E-state index is 5.95. The number of ether oxygens (including phenoxy) is 5. The minimum Gasteiger partial charge on any atom is -0.489 e. The lowest BCUT2D eigenvalue weighted by Gasteiger charge is -2.39. The highest BCUT2D eigenvalue weighted by molar-refractivity contribution is 5.31. The molecule has 0 N–H and O–H groups in total. The third-order valence-corrected chi connectivity index (χ3v) is 4.88. The van der Waals surface area contributed by atoms with E-state index in [0.717, 1.165) is 31.4 Å². The van der Waals surface area contributed by atoms with Crippen molar-refractivity contribution in [3.8, 4) is 17.6 Å². The second kappa shape index (κ2) is 9.87. The Balaban J connectivity index is 1.33. The topological polar surface area (TPSA) is 59.0 Å². The van der Waals surface area contributed by atoms with E-state index in [9.17, 15) is 0 Å². The summed E-state index contributed by atoms with van der Waals surface area (Å²) in [5.74, 6) is 6.34. The van der Waals surface area contributed by atoms with Gasteiger partial charge < -0.3 is 23.7 Å². The number of pyridine rings is 1. The number of rotatable bonds is 9. The first kappa shape index (κ1) is 24.0. The fourth-order valence-electron chi connectivity index (χ4n) is 3.23. The maximum Gasteiger partial charge on any atom is 0.170 e. The van der Waals surface area contributed by atoms with E-state index in [2.05, 4.69) is 37.6 Å². The van der Waals surface area contributed by atoms with Crippen molar-refractivity contribution in [3.63, 3.8) is 0 Å². The van der Waals surface area contributed by atoms with Crippen LogP contribution in [0, 0.1) is 11.8 Å². The minimum absolute atomic E-state index is 0.104.